The largest absolute Gasteiger partial charge is 1.00 e. The predicted octanol–water partition coefficient (Wildman–Crippen LogP) is -4.41. The zero-order valence-electron chi connectivity index (χ0n) is 20.1. The molecule has 0 radical (unpaired) electrons. The van der Waals surface area contributed by atoms with Gasteiger partial charge in [-0.1, -0.05) is 58.3 Å². The normalized spacial score (nSPS) is 13.4. The Morgan fingerprint density at radius 3 is 1.58 bits per heavy atom. The first-order valence-electron chi connectivity index (χ1n) is 10.8. The SMILES string of the molecule is CCCCCCCCCCCC([O-])=N[C@@H](CCC([O-])=NC(CC(=O)O)C(=O)O)C(=O)O.[Na+].[Na+]. The molecule has 0 bridgehead atoms. The second-order valence-electron chi connectivity index (χ2n) is 7.47. The van der Waals surface area contributed by atoms with Gasteiger partial charge in [-0.25, -0.2) is 9.59 Å². The van der Waals surface area contributed by atoms with Gasteiger partial charge in [0.1, 0.15) is 6.04 Å². The monoisotopic (exact) mass is 488 g/mol. The molecule has 3 N–H and O–H groups in total. The summed E-state index contributed by atoms with van der Waals surface area (Å²) in [6, 6.07) is -3.16. The van der Waals surface area contributed by atoms with E-state index >= 15 is 0 Å². The van der Waals surface area contributed by atoms with Crippen molar-refractivity contribution in [3.05, 3.63) is 0 Å². The molecule has 0 saturated carbocycles. The van der Waals surface area contributed by atoms with Crippen LogP contribution in [0.25, 0.3) is 0 Å². The second-order valence-corrected chi connectivity index (χ2v) is 7.47. The predicted molar refractivity (Wildman–Crippen MR) is 111 cm³/mol. The molecule has 0 fully saturated rings. The van der Waals surface area contributed by atoms with Crippen LogP contribution in [-0.2, 0) is 14.4 Å². The van der Waals surface area contributed by atoms with Crippen LogP contribution in [0.15, 0.2) is 9.98 Å². The van der Waals surface area contributed by atoms with Gasteiger partial charge in [0.25, 0.3) is 0 Å². The minimum Gasteiger partial charge on any atom is -0.862 e. The Morgan fingerprint density at radius 2 is 1.12 bits per heavy atom. The van der Waals surface area contributed by atoms with Gasteiger partial charge in [0.05, 0.1) is 6.42 Å². The van der Waals surface area contributed by atoms with Crippen molar-refractivity contribution in [3.8, 4) is 0 Å². The second kappa shape index (κ2) is 23.1. The van der Waals surface area contributed by atoms with E-state index < -0.39 is 54.6 Å². The fraction of sp³-hybridized carbons (Fsp3) is 0.762. The number of hydrogen-bond acceptors (Lipinski definition) is 7. The average molecular weight is 488 g/mol. The molecule has 0 aromatic heterocycles. The van der Waals surface area contributed by atoms with Crippen molar-refractivity contribution < 1.29 is 99.0 Å². The van der Waals surface area contributed by atoms with Gasteiger partial charge < -0.3 is 25.5 Å². The van der Waals surface area contributed by atoms with E-state index in [9.17, 15) is 29.7 Å². The molecule has 33 heavy (non-hydrogen) atoms. The van der Waals surface area contributed by atoms with E-state index in [1.165, 1.54) is 32.1 Å². The maximum atomic E-state index is 11.9. The van der Waals surface area contributed by atoms with Gasteiger partial charge >= 0.3 is 77.0 Å². The van der Waals surface area contributed by atoms with Gasteiger partial charge in [0, 0.05) is 0 Å². The number of rotatable bonds is 19. The Balaban J connectivity index is -0.00000450. The summed E-state index contributed by atoms with van der Waals surface area (Å²) in [6.07, 6.45) is 8.22. The third kappa shape index (κ3) is 21.6. The van der Waals surface area contributed by atoms with E-state index in [4.69, 9.17) is 10.2 Å². The van der Waals surface area contributed by atoms with Crippen LogP contribution in [0.1, 0.15) is 90.4 Å². The summed E-state index contributed by atoms with van der Waals surface area (Å²) < 4.78 is 0. The first kappa shape index (κ1) is 36.9. The van der Waals surface area contributed by atoms with Gasteiger partial charge in [-0.05, 0) is 37.5 Å². The smallest absolute Gasteiger partial charge is 0.862 e. The van der Waals surface area contributed by atoms with Crippen LogP contribution in [0.5, 0.6) is 0 Å². The summed E-state index contributed by atoms with van der Waals surface area (Å²) in [4.78, 5) is 39.7. The van der Waals surface area contributed by atoms with Crippen molar-refractivity contribution in [2.24, 2.45) is 9.98 Å². The average Bonchev–Trinajstić information content (AvgIpc) is 2.68. The zero-order chi connectivity index (χ0) is 23.6. The summed E-state index contributed by atoms with van der Waals surface area (Å²) in [5, 5.41) is 50.4. The first-order chi connectivity index (χ1) is 14.7. The quantitative estimate of drug-likeness (QED) is 0.0704. The minimum atomic E-state index is -1.74. The molecule has 10 nitrogen and oxygen atoms in total. The molecule has 1 unspecified atom stereocenters. The molecule has 0 aliphatic carbocycles. The van der Waals surface area contributed by atoms with E-state index in [0.29, 0.717) is 6.42 Å². The fourth-order valence-electron chi connectivity index (χ4n) is 2.92. The van der Waals surface area contributed by atoms with Crippen molar-refractivity contribution in [2.45, 2.75) is 102 Å². The molecule has 0 saturated heterocycles. The van der Waals surface area contributed by atoms with Gasteiger partial charge in [-0.2, -0.15) is 0 Å². The zero-order valence-corrected chi connectivity index (χ0v) is 24.1. The summed E-state index contributed by atoms with van der Waals surface area (Å²) in [5.41, 5.74) is 0. The van der Waals surface area contributed by atoms with E-state index in [0.717, 1.165) is 19.3 Å². The van der Waals surface area contributed by atoms with Crippen LogP contribution in [0, 0.1) is 0 Å². The Labute approximate surface area is 239 Å². The van der Waals surface area contributed by atoms with Crippen LogP contribution in [0.4, 0.5) is 0 Å². The van der Waals surface area contributed by atoms with E-state index in [-0.39, 0.29) is 72.0 Å². The van der Waals surface area contributed by atoms with Crippen LogP contribution >= 0.6 is 0 Å². The molecule has 0 aliphatic rings. The molecule has 0 spiro atoms. The van der Waals surface area contributed by atoms with Crippen molar-refractivity contribution in [1.82, 2.24) is 0 Å². The third-order valence-corrected chi connectivity index (χ3v) is 4.66. The van der Waals surface area contributed by atoms with Crippen molar-refractivity contribution in [1.29, 1.82) is 0 Å². The number of aliphatic imine (C=N–C) groups is 2. The van der Waals surface area contributed by atoms with Crippen LogP contribution in [0.2, 0.25) is 0 Å². The standard InChI is InChI=1S/C21H36N2O8.2Na/c1-2-3-4-5-6-7-8-9-10-11-17(24)22-15(20(28)29)12-13-18(25)23-16(21(30)31)14-19(26)27;;/h15-16H,2-14H2,1H3,(H,22,24)(H,23,25)(H,26,27)(H,28,29)(H,30,31);;/q;2*+1/p-2/t15-,16?;;/m0../s1. The molecule has 178 valence electrons. The number of carbonyl (C=O) groups is 3. The first-order valence-corrected chi connectivity index (χ1v) is 10.8. The molecule has 0 heterocycles. The molecule has 0 rings (SSSR count). The topological polar surface area (TPSA) is 183 Å². The van der Waals surface area contributed by atoms with Crippen molar-refractivity contribution >= 4 is 29.7 Å². The molecular weight excluding hydrogens is 454 g/mol. The van der Waals surface area contributed by atoms with Gasteiger partial charge in [-0.3, -0.25) is 14.8 Å². The molecule has 0 aliphatic heterocycles. The third-order valence-electron chi connectivity index (χ3n) is 4.66. The van der Waals surface area contributed by atoms with Crippen LogP contribution in [0.3, 0.4) is 0 Å². The number of unbranched alkanes of at least 4 members (excludes halogenated alkanes) is 8. The Bertz CT molecular complexity index is 629. The summed E-state index contributed by atoms with van der Waals surface area (Å²) in [7, 11) is 0. The van der Waals surface area contributed by atoms with Crippen LogP contribution in [-0.4, -0.2) is 57.1 Å². The summed E-state index contributed by atoms with van der Waals surface area (Å²) >= 11 is 0. The number of hydrogen-bond donors (Lipinski definition) is 3. The molecule has 12 heteroatoms. The van der Waals surface area contributed by atoms with Crippen molar-refractivity contribution in [2.75, 3.05) is 0 Å². The van der Waals surface area contributed by atoms with Gasteiger partial charge in [0.15, 0.2) is 6.04 Å². The molecule has 0 aromatic carbocycles. The molecular formula is C21H34N2Na2O8. The molecule has 2 atom stereocenters. The van der Waals surface area contributed by atoms with E-state index in [1.54, 1.807) is 0 Å². The van der Waals surface area contributed by atoms with Gasteiger partial charge in [0.2, 0.25) is 0 Å². The Kier molecular flexibility index (Phi) is 25.8. The maximum Gasteiger partial charge on any atom is 1.00 e. The molecule has 0 amide bonds. The number of carboxylic acids is 3. The fourth-order valence-corrected chi connectivity index (χ4v) is 2.92. The Morgan fingerprint density at radius 1 is 0.697 bits per heavy atom. The number of carboxylic acid groups (broad SMARTS) is 3. The van der Waals surface area contributed by atoms with Crippen molar-refractivity contribution in [3.63, 3.8) is 0 Å². The summed E-state index contributed by atoms with van der Waals surface area (Å²) in [5.74, 6) is -5.85. The van der Waals surface area contributed by atoms with Gasteiger partial charge in [-0.15, -0.1) is 0 Å². The van der Waals surface area contributed by atoms with E-state index in [1.807, 2.05) is 0 Å². The summed E-state index contributed by atoms with van der Waals surface area (Å²) in [6.45, 7) is 2.17. The number of nitrogens with zero attached hydrogens (tertiary/aromatic N) is 2. The number of aliphatic carboxylic acids is 3. The van der Waals surface area contributed by atoms with E-state index in [2.05, 4.69) is 16.9 Å². The molecule has 0 aromatic rings. The Hall–Kier alpha value is -0.650. The minimum absolute atomic E-state index is 0. The maximum absolute atomic E-state index is 11.9. The van der Waals surface area contributed by atoms with Crippen LogP contribution < -0.4 is 69.3 Å².